The molecule has 1 atom stereocenters. The summed E-state index contributed by atoms with van der Waals surface area (Å²) in [6, 6.07) is 5.37. The smallest absolute Gasteiger partial charge is 0.317 e. The minimum atomic E-state index is -0.519. The van der Waals surface area contributed by atoms with Crippen LogP contribution >= 0.6 is 0 Å². The van der Waals surface area contributed by atoms with Crippen LogP contribution < -0.4 is 10.8 Å². The lowest BCUT2D eigenvalue weighted by Crippen LogP contribution is -2.45. The van der Waals surface area contributed by atoms with Gasteiger partial charge >= 0.3 is 6.03 Å². The van der Waals surface area contributed by atoms with Gasteiger partial charge in [0, 0.05) is 24.7 Å². The van der Waals surface area contributed by atoms with E-state index in [0.29, 0.717) is 25.1 Å². The maximum atomic E-state index is 12.1. The molecule has 1 aromatic carbocycles. The fraction of sp³-hybridized carbons (Fsp3) is 0.467. The number of nitrogens with one attached hydrogen (secondary N) is 2. The highest BCUT2D eigenvalue weighted by atomic mass is 16.5. The third-order valence-corrected chi connectivity index (χ3v) is 3.85. The van der Waals surface area contributed by atoms with Crippen molar-refractivity contribution in [3.8, 4) is 0 Å². The second-order valence-electron chi connectivity index (χ2n) is 5.35. The van der Waals surface area contributed by atoms with Crippen LogP contribution in [0.3, 0.4) is 0 Å². The second kappa shape index (κ2) is 6.58. The number of carbonyl (C=O) groups is 2. The summed E-state index contributed by atoms with van der Waals surface area (Å²) in [6.07, 6.45) is 1.60. The van der Waals surface area contributed by atoms with Crippen molar-refractivity contribution in [2.75, 3.05) is 6.54 Å². The van der Waals surface area contributed by atoms with Gasteiger partial charge in [-0.1, -0.05) is 13.0 Å². The normalized spacial score (nSPS) is 15.1. The first-order chi connectivity index (χ1) is 10.0. The van der Waals surface area contributed by atoms with Gasteiger partial charge in [-0.05, 0) is 43.0 Å². The molecule has 0 fully saturated rings. The molecule has 0 radical (unpaired) electrons. The number of urea groups is 1. The molecule has 2 rings (SSSR count). The van der Waals surface area contributed by atoms with Crippen molar-refractivity contribution in [1.82, 2.24) is 15.7 Å². The summed E-state index contributed by atoms with van der Waals surface area (Å²) in [7, 11) is 0. The predicted octanol–water partition coefficient (Wildman–Crippen LogP) is 1.67. The second-order valence-corrected chi connectivity index (χ2v) is 5.35. The molecule has 3 N–H and O–H groups in total. The summed E-state index contributed by atoms with van der Waals surface area (Å²) in [5.74, 6) is -0.519. The van der Waals surface area contributed by atoms with Gasteiger partial charge in [0.1, 0.15) is 0 Å². The lowest BCUT2D eigenvalue weighted by molar-refractivity contribution is 0.0706. The molecular weight excluding hydrogens is 270 g/mol. The fourth-order valence-corrected chi connectivity index (χ4v) is 2.34. The SMILES string of the molecule is CCC(C)NC(=O)N1CCc2cc(C(=O)NO)ccc2C1. The third-order valence-electron chi connectivity index (χ3n) is 3.85. The zero-order chi connectivity index (χ0) is 15.4. The van der Waals surface area contributed by atoms with Crippen LogP contribution in [0.4, 0.5) is 4.79 Å². The van der Waals surface area contributed by atoms with Crippen LogP contribution in [0.25, 0.3) is 0 Å². The van der Waals surface area contributed by atoms with Crippen LogP contribution in [0.15, 0.2) is 18.2 Å². The summed E-state index contributed by atoms with van der Waals surface area (Å²) in [4.78, 5) is 25.3. The van der Waals surface area contributed by atoms with E-state index in [0.717, 1.165) is 17.5 Å². The van der Waals surface area contributed by atoms with Crippen molar-refractivity contribution < 1.29 is 14.8 Å². The Balaban J connectivity index is 2.07. The Labute approximate surface area is 124 Å². The number of hydrogen-bond acceptors (Lipinski definition) is 3. The fourth-order valence-electron chi connectivity index (χ4n) is 2.34. The number of hydroxylamine groups is 1. The molecule has 1 aromatic rings. The van der Waals surface area contributed by atoms with E-state index in [9.17, 15) is 9.59 Å². The van der Waals surface area contributed by atoms with E-state index in [2.05, 4.69) is 5.32 Å². The van der Waals surface area contributed by atoms with Gasteiger partial charge in [-0.15, -0.1) is 0 Å². The van der Waals surface area contributed by atoms with Crippen molar-refractivity contribution in [2.24, 2.45) is 0 Å². The van der Waals surface area contributed by atoms with Gasteiger partial charge in [-0.2, -0.15) is 0 Å². The number of rotatable bonds is 3. The Morgan fingerprint density at radius 3 is 2.81 bits per heavy atom. The Hall–Kier alpha value is -2.08. The van der Waals surface area contributed by atoms with Crippen LogP contribution in [0, 0.1) is 0 Å². The molecular formula is C15H21N3O3. The van der Waals surface area contributed by atoms with Crippen molar-refractivity contribution >= 4 is 11.9 Å². The molecule has 3 amide bonds. The molecule has 114 valence electrons. The number of nitrogens with zero attached hydrogens (tertiary/aromatic N) is 1. The molecule has 6 heteroatoms. The average Bonchev–Trinajstić information content (AvgIpc) is 2.52. The molecule has 0 bridgehead atoms. The third kappa shape index (κ3) is 3.52. The van der Waals surface area contributed by atoms with E-state index in [1.807, 2.05) is 19.9 Å². The highest BCUT2D eigenvalue weighted by Crippen LogP contribution is 2.20. The molecule has 1 aliphatic rings. The molecule has 0 spiro atoms. The van der Waals surface area contributed by atoms with Gasteiger partial charge in [-0.3, -0.25) is 10.0 Å². The Morgan fingerprint density at radius 2 is 2.14 bits per heavy atom. The van der Waals surface area contributed by atoms with Gasteiger partial charge in [-0.25, -0.2) is 10.3 Å². The van der Waals surface area contributed by atoms with Crippen LogP contribution in [0.2, 0.25) is 0 Å². The monoisotopic (exact) mass is 291 g/mol. The maximum absolute atomic E-state index is 12.1. The molecule has 1 heterocycles. The highest BCUT2D eigenvalue weighted by Gasteiger charge is 2.22. The zero-order valence-corrected chi connectivity index (χ0v) is 12.3. The molecule has 0 saturated carbocycles. The van der Waals surface area contributed by atoms with Gasteiger partial charge in [0.05, 0.1) is 0 Å². The Bertz CT molecular complexity index is 545. The average molecular weight is 291 g/mol. The first kappa shape index (κ1) is 15.3. The van der Waals surface area contributed by atoms with E-state index in [1.165, 1.54) is 0 Å². The van der Waals surface area contributed by atoms with E-state index in [4.69, 9.17) is 5.21 Å². The predicted molar refractivity (Wildman–Crippen MR) is 78.1 cm³/mol. The van der Waals surface area contributed by atoms with Crippen LogP contribution in [0.5, 0.6) is 0 Å². The van der Waals surface area contributed by atoms with E-state index >= 15 is 0 Å². The van der Waals surface area contributed by atoms with Gasteiger partial charge < -0.3 is 10.2 Å². The van der Waals surface area contributed by atoms with Crippen molar-refractivity contribution in [2.45, 2.75) is 39.3 Å². The molecule has 1 unspecified atom stereocenters. The molecule has 21 heavy (non-hydrogen) atoms. The van der Waals surface area contributed by atoms with E-state index in [-0.39, 0.29) is 12.1 Å². The van der Waals surface area contributed by atoms with Crippen LogP contribution in [-0.2, 0) is 13.0 Å². The van der Waals surface area contributed by atoms with Crippen molar-refractivity contribution in [3.63, 3.8) is 0 Å². The molecule has 6 nitrogen and oxygen atoms in total. The Kier molecular flexibility index (Phi) is 4.80. The van der Waals surface area contributed by atoms with Crippen molar-refractivity contribution in [3.05, 3.63) is 34.9 Å². The number of hydrogen-bond donors (Lipinski definition) is 3. The molecule has 0 aromatic heterocycles. The maximum Gasteiger partial charge on any atom is 0.317 e. The van der Waals surface area contributed by atoms with Gasteiger partial charge in [0.2, 0.25) is 0 Å². The standard InChI is InChI=1S/C15H21N3O3/c1-3-10(2)16-15(20)18-7-6-11-8-12(14(19)17-21)4-5-13(11)9-18/h4-5,8,10,21H,3,6-7,9H2,1-2H3,(H,16,20)(H,17,19). The van der Waals surface area contributed by atoms with Crippen LogP contribution in [0.1, 0.15) is 41.8 Å². The molecule has 0 aliphatic carbocycles. The lowest BCUT2D eigenvalue weighted by atomic mass is 9.97. The number of amides is 3. The van der Waals surface area contributed by atoms with Gasteiger partial charge in [0.15, 0.2) is 0 Å². The van der Waals surface area contributed by atoms with E-state index in [1.54, 1.807) is 22.5 Å². The van der Waals surface area contributed by atoms with Crippen LogP contribution in [-0.4, -0.2) is 34.6 Å². The summed E-state index contributed by atoms with van der Waals surface area (Å²) >= 11 is 0. The first-order valence-electron chi connectivity index (χ1n) is 7.16. The summed E-state index contributed by atoms with van der Waals surface area (Å²) in [5, 5.41) is 11.6. The first-order valence-corrected chi connectivity index (χ1v) is 7.16. The number of carbonyl (C=O) groups excluding carboxylic acids is 2. The number of benzene rings is 1. The minimum Gasteiger partial charge on any atom is -0.336 e. The minimum absolute atomic E-state index is 0.0489. The molecule has 1 aliphatic heterocycles. The molecule has 0 saturated heterocycles. The largest absolute Gasteiger partial charge is 0.336 e. The highest BCUT2D eigenvalue weighted by molar-refractivity contribution is 5.93. The number of fused-ring (bicyclic) bond motifs is 1. The van der Waals surface area contributed by atoms with Gasteiger partial charge in [0.25, 0.3) is 5.91 Å². The quantitative estimate of drug-likeness (QED) is 0.585. The summed E-state index contributed by atoms with van der Waals surface area (Å²) < 4.78 is 0. The zero-order valence-electron chi connectivity index (χ0n) is 12.3. The van der Waals surface area contributed by atoms with Crippen molar-refractivity contribution in [1.29, 1.82) is 0 Å². The summed E-state index contributed by atoms with van der Waals surface area (Å²) in [6.45, 7) is 5.18. The lowest BCUT2D eigenvalue weighted by Gasteiger charge is -2.30. The summed E-state index contributed by atoms with van der Waals surface area (Å²) in [5.41, 5.74) is 4.14. The topological polar surface area (TPSA) is 81.7 Å². The van der Waals surface area contributed by atoms with E-state index < -0.39 is 5.91 Å². The Morgan fingerprint density at radius 1 is 1.38 bits per heavy atom.